The SMILES string of the molecule is Cn1ncc(N)c1C(=O)NCCc1ccc(O)cc1. The predicted molar refractivity (Wildman–Crippen MR) is 71.8 cm³/mol. The number of anilines is 1. The third-order valence-electron chi connectivity index (χ3n) is 2.82. The Morgan fingerprint density at radius 3 is 2.68 bits per heavy atom. The lowest BCUT2D eigenvalue weighted by molar-refractivity contribution is 0.0945. The van der Waals surface area contributed by atoms with Crippen LogP contribution in [-0.2, 0) is 13.5 Å². The average Bonchev–Trinajstić information content (AvgIpc) is 2.71. The number of carbonyl (C=O) groups excluding carboxylic acids is 1. The Balaban J connectivity index is 1.89. The Hall–Kier alpha value is -2.50. The Kier molecular flexibility index (Phi) is 3.70. The molecule has 2 rings (SSSR count). The van der Waals surface area contributed by atoms with Gasteiger partial charge in [0.2, 0.25) is 0 Å². The first-order chi connectivity index (χ1) is 9.08. The normalized spacial score (nSPS) is 10.4. The van der Waals surface area contributed by atoms with Crippen LogP contribution in [0.15, 0.2) is 30.5 Å². The number of hydrogen-bond donors (Lipinski definition) is 3. The molecular weight excluding hydrogens is 244 g/mol. The minimum atomic E-state index is -0.240. The maximum atomic E-state index is 11.9. The Bertz CT molecular complexity index is 555. The van der Waals surface area contributed by atoms with E-state index in [1.54, 1.807) is 19.2 Å². The van der Waals surface area contributed by atoms with Gasteiger partial charge in [0.15, 0.2) is 0 Å². The molecule has 0 spiro atoms. The van der Waals surface area contributed by atoms with Crippen LogP contribution in [0.3, 0.4) is 0 Å². The van der Waals surface area contributed by atoms with Crippen LogP contribution in [0.1, 0.15) is 16.1 Å². The number of nitrogens with one attached hydrogen (secondary N) is 1. The van der Waals surface area contributed by atoms with E-state index < -0.39 is 0 Å². The minimum Gasteiger partial charge on any atom is -0.508 e. The standard InChI is InChI=1S/C13H16N4O2/c1-17-12(11(14)8-16-17)13(19)15-7-6-9-2-4-10(18)5-3-9/h2-5,8,18H,6-7,14H2,1H3,(H,15,19). The Morgan fingerprint density at radius 1 is 1.42 bits per heavy atom. The van der Waals surface area contributed by atoms with E-state index in [1.807, 2.05) is 12.1 Å². The van der Waals surface area contributed by atoms with Gasteiger partial charge in [0.05, 0.1) is 11.9 Å². The van der Waals surface area contributed by atoms with Crippen molar-refractivity contribution in [2.24, 2.45) is 7.05 Å². The molecule has 1 heterocycles. The number of amides is 1. The predicted octanol–water partition coefficient (Wildman–Crippen LogP) is 0.680. The molecule has 1 amide bonds. The lowest BCUT2D eigenvalue weighted by atomic mass is 10.1. The van der Waals surface area contributed by atoms with Crippen molar-refractivity contribution >= 4 is 11.6 Å². The monoisotopic (exact) mass is 260 g/mol. The smallest absolute Gasteiger partial charge is 0.271 e. The van der Waals surface area contributed by atoms with Gasteiger partial charge in [-0.1, -0.05) is 12.1 Å². The molecule has 19 heavy (non-hydrogen) atoms. The van der Waals surface area contributed by atoms with Crippen LogP contribution in [0.4, 0.5) is 5.69 Å². The number of phenolic OH excluding ortho intramolecular Hbond substituents is 1. The molecule has 0 aliphatic carbocycles. The average molecular weight is 260 g/mol. The molecule has 0 aliphatic heterocycles. The van der Waals surface area contributed by atoms with Crippen molar-refractivity contribution in [2.75, 3.05) is 12.3 Å². The largest absolute Gasteiger partial charge is 0.508 e. The quantitative estimate of drug-likeness (QED) is 0.753. The second-order valence-corrected chi connectivity index (χ2v) is 4.24. The molecule has 0 unspecified atom stereocenters. The van der Waals surface area contributed by atoms with Gasteiger partial charge in [-0.05, 0) is 24.1 Å². The molecule has 100 valence electrons. The van der Waals surface area contributed by atoms with E-state index in [-0.39, 0.29) is 11.7 Å². The number of aryl methyl sites for hydroxylation is 1. The highest BCUT2D eigenvalue weighted by atomic mass is 16.3. The second kappa shape index (κ2) is 5.43. The van der Waals surface area contributed by atoms with Crippen LogP contribution >= 0.6 is 0 Å². The van der Waals surface area contributed by atoms with Crippen molar-refractivity contribution in [3.05, 3.63) is 41.7 Å². The summed E-state index contributed by atoms with van der Waals surface area (Å²) in [5.74, 6) is -0.00766. The van der Waals surface area contributed by atoms with E-state index in [0.29, 0.717) is 24.3 Å². The summed E-state index contributed by atoms with van der Waals surface area (Å²) < 4.78 is 1.45. The molecule has 2 aromatic rings. The summed E-state index contributed by atoms with van der Waals surface area (Å²) >= 11 is 0. The number of nitrogen functional groups attached to an aromatic ring is 1. The van der Waals surface area contributed by atoms with Crippen LogP contribution in [0.5, 0.6) is 5.75 Å². The van der Waals surface area contributed by atoms with E-state index in [0.717, 1.165) is 5.56 Å². The summed E-state index contributed by atoms with van der Waals surface area (Å²) in [6.07, 6.45) is 2.14. The van der Waals surface area contributed by atoms with Gasteiger partial charge < -0.3 is 16.2 Å². The minimum absolute atomic E-state index is 0.232. The number of benzene rings is 1. The fourth-order valence-electron chi connectivity index (χ4n) is 1.80. The van der Waals surface area contributed by atoms with Crippen molar-refractivity contribution in [2.45, 2.75) is 6.42 Å². The first kappa shape index (κ1) is 12.9. The van der Waals surface area contributed by atoms with Crippen molar-refractivity contribution < 1.29 is 9.90 Å². The maximum Gasteiger partial charge on any atom is 0.271 e. The molecule has 0 aliphatic rings. The summed E-state index contributed by atoms with van der Waals surface area (Å²) in [4.78, 5) is 11.9. The fourth-order valence-corrected chi connectivity index (χ4v) is 1.80. The third kappa shape index (κ3) is 3.04. The van der Waals surface area contributed by atoms with Gasteiger partial charge in [-0.3, -0.25) is 9.48 Å². The molecular formula is C13H16N4O2. The fraction of sp³-hybridized carbons (Fsp3) is 0.231. The van der Waals surface area contributed by atoms with Crippen LogP contribution in [0.25, 0.3) is 0 Å². The molecule has 1 aromatic heterocycles. The summed E-state index contributed by atoms with van der Waals surface area (Å²) in [6.45, 7) is 0.494. The number of phenols is 1. The third-order valence-corrected chi connectivity index (χ3v) is 2.82. The van der Waals surface area contributed by atoms with E-state index in [4.69, 9.17) is 10.8 Å². The summed E-state index contributed by atoms with van der Waals surface area (Å²) in [5.41, 5.74) is 7.44. The van der Waals surface area contributed by atoms with Crippen LogP contribution in [0, 0.1) is 0 Å². The molecule has 1 aromatic carbocycles. The van der Waals surface area contributed by atoms with Crippen LogP contribution < -0.4 is 11.1 Å². The molecule has 6 nitrogen and oxygen atoms in total. The van der Waals surface area contributed by atoms with E-state index in [1.165, 1.54) is 10.9 Å². The number of hydrogen-bond acceptors (Lipinski definition) is 4. The van der Waals surface area contributed by atoms with Crippen molar-refractivity contribution in [3.8, 4) is 5.75 Å². The topological polar surface area (TPSA) is 93.2 Å². The summed E-state index contributed by atoms with van der Waals surface area (Å²) in [7, 11) is 1.67. The van der Waals surface area contributed by atoms with Gasteiger partial charge in [-0.2, -0.15) is 5.10 Å². The first-order valence-electron chi connectivity index (χ1n) is 5.91. The molecule has 0 atom stereocenters. The number of rotatable bonds is 4. The van der Waals surface area contributed by atoms with Gasteiger partial charge >= 0.3 is 0 Å². The Morgan fingerprint density at radius 2 is 2.11 bits per heavy atom. The maximum absolute atomic E-state index is 11.9. The van der Waals surface area contributed by atoms with Gasteiger partial charge in [0, 0.05) is 13.6 Å². The summed E-state index contributed by atoms with van der Waals surface area (Å²) in [5, 5.41) is 15.9. The number of carbonyl (C=O) groups is 1. The molecule has 0 saturated carbocycles. The van der Waals surface area contributed by atoms with Crippen molar-refractivity contribution in [1.29, 1.82) is 0 Å². The molecule has 0 fully saturated rings. The van der Waals surface area contributed by atoms with Crippen molar-refractivity contribution in [3.63, 3.8) is 0 Å². The lowest BCUT2D eigenvalue weighted by Crippen LogP contribution is -2.28. The highest BCUT2D eigenvalue weighted by Crippen LogP contribution is 2.10. The number of nitrogens with zero attached hydrogens (tertiary/aromatic N) is 2. The van der Waals surface area contributed by atoms with E-state index >= 15 is 0 Å². The van der Waals surface area contributed by atoms with E-state index in [9.17, 15) is 4.79 Å². The Labute approximate surface area is 110 Å². The van der Waals surface area contributed by atoms with Gasteiger partial charge in [-0.25, -0.2) is 0 Å². The molecule has 0 saturated heterocycles. The summed E-state index contributed by atoms with van der Waals surface area (Å²) in [6, 6.07) is 6.88. The number of aromatic nitrogens is 2. The van der Waals surface area contributed by atoms with Crippen LogP contribution in [0.2, 0.25) is 0 Å². The highest BCUT2D eigenvalue weighted by molar-refractivity contribution is 5.97. The number of nitrogens with two attached hydrogens (primary N) is 1. The van der Waals surface area contributed by atoms with E-state index in [2.05, 4.69) is 10.4 Å². The lowest BCUT2D eigenvalue weighted by Gasteiger charge is -2.06. The van der Waals surface area contributed by atoms with Gasteiger partial charge in [-0.15, -0.1) is 0 Å². The molecule has 4 N–H and O–H groups in total. The number of aromatic hydroxyl groups is 1. The van der Waals surface area contributed by atoms with Crippen molar-refractivity contribution in [1.82, 2.24) is 15.1 Å². The second-order valence-electron chi connectivity index (χ2n) is 4.24. The zero-order valence-corrected chi connectivity index (χ0v) is 10.6. The highest BCUT2D eigenvalue weighted by Gasteiger charge is 2.13. The first-order valence-corrected chi connectivity index (χ1v) is 5.91. The molecule has 0 bridgehead atoms. The van der Waals surface area contributed by atoms with Gasteiger partial charge in [0.25, 0.3) is 5.91 Å². The zero-order valence-electron chi connectivity index (χ0n) is 10.6. The molecule has 6 heteroatoms. The van der Waals surface area contributed by atoms with Crippen LogP contribution in [-0.4, -0.2) is 27.3 Å². The zero-order chi connectivity index (χ0) is 13.8. The van der Waals surface area contributed by atoms with Gasteiger partial charge in [0.1, 0.15) is 11.4 Å². The molecule has 0 radical (unpaired) electrons.